The van der Waals surface area contributed by atoms with Crippen LogP contribution >= 0.6 is 35.3 Å². The number of thiophene rings is 1. The standard InChI is InChI=1S/C11H15NOS3/c1-3-12(4-2)11(14)16-8-9(13)10-6-5-7-15-10/h5-7H,3-4,8H2,1-2H3. The Morgan fingerprint density at radius 2 is 2.19 bits per heavy atom. The van der Waals surface area contributed by atoms with Gasteiger partial charge in [0.2, 0.25) is 0 Å². The van der Waals surface area contributed by atoms with Crippen LogP contribution < -0.4 is 0 Å². The Balaban J connectivity index is 2.40. The van der Waals surface area contributed by atoms with Crippen LogP contribution in [0.25, 0.3) is 0 Å². The molecule has 2 nitrogen and oxygen atoms in total. The van der Waals surface area contributed by atoms with E-state index in [1.165, 1.54) is 23.1 Å². The molecule has 0 aromatic carbocycles. The number of thioether (sulfide) groups is 1. The molecule has 0 aliphatic carbocycles. The molecule has 0 atom stereocenters. The molecule has 16 heavy (non-hydrogen) atoms. The molecule has 88 valence electrons. The summed E-state index contributed by atoms with van der Waals surface area (Å²) in [5, 5.41) is 1.92. The van der Waals surface area contributed by atoms with Gasteiger partial charge in [-0.3, -0.25) is 4.79 Å². The monoisotopic (exact) mass is 273 g/mol. The van der Waals surface area contributed by atoms with Gasteiger partial charge in [0.15, 0.2) is 5.78 Å². The van der Waals surface area contributed by atoms with Crippen LogP contribution in [0.5, 0.6) is 0 Å². The third-order valence-electron chi connectivity index (χ3n) is 2.14. The summed E-state index contributed by atoms with van der Waals surface area (Å²) in [6.07, 6.45) is 0. The van der Waals surface area contributed by atoms with Gasteiger partial charge in [-0.2, -0.15) is 0 Å². The SMILES string of the molecule is CCN(CC)C(=S)SCC(=O)c1cccs1. The predicted octanol–water partition coefficient (Wildman–Crippen LogP) is 3.29. The molecule has 0 unspecified atom stereocenters. The zero-order chi connectivity index (χ0) is 12.0. The van der Waals surface area contributed by atoms with Crippen LogP contribution in [0.3, 0.4) is 0 Å². The van der Waals surface area contributed by atoms with Gasteiger partial charge in [0.05, 0.1) is 10.6 Å². The second kappa shape index (κ2) is 7.04. The minimum atomic E-state index is 0.162. The predicted molar refractivity (Wildman–Crippen MR) is 76.6 cm³/mol. The first-order chi connectivity index (χ1) is 7.69. The summed E-state index contributed by atoms with van der Waals surface area (Å²) in [7, 11) is 0. The van der Waals surface area contributed by atoms with Gasteiger partial charge in [0.25, 0.3) is 0 Å². The number of hydrogen-bond donors (Lipinski definition) is 0. The van der Waals surface area contributed by atoms with Crippen molar-refractivity contribution in [1.29, 1.82) is 0 Å². The lowest BCUT2D eigenvalue weighted by atomic mass is 10.4. The summed E-state index contributed by atoms with van der Waals surface area (Å²) in [6.45, 7) is 5.93. The molecule has 0 aliphatic rings. The number of hydrogen-bond acceptors (Lipinski definition) is 4. The molecule has 0 spiro atoms. The van der Waals surface area contributed by atoms with Crippen LogP contribution in [-0.4, -0.2) is 33.8 Å². The molecular weight excluding hydrogens is 258 g/mol. The Morgan fingerprint density at radius 1 is 1.50 bits per heavy atom. The molecule has 0 aliphatic heterocycles. The smallest absolute Gasteiger partial charge is 0.183 e. The Morgan fingerprint density at radius 3 is 2.69 bits per heavy atom. The van der Waals surface area contributed by atoms with Gasteiger partial charge >= 0.3 is 0 Å². The minimum Gasteiger partial charge on any atom is -0.358 e. The summed E-state index contributed by atoms with van der Waals surface area (Å²) in [6, 6.07) is 3.75. The van der Waals surface area contributed by atoms with Crippen molar-refractivity contribution in [2.45, 2.75) is 13.8 Å². The van der Waals surface area contributed by atoms with E-state index in [0.29, 0.717) is 5.75 Å². The highest BCUT2D eigenvalue weighted by atomic mass is 32.2. The van der Waals surface area contributed by atoms with Gasteiger partial charge in [0.1, 0.15) is 4.32 Å². The largest absolute Gasteiger partial charge is 0.358 e. The molecule has 0 amide bonds. The van der Waals surface area contributed by atoms with Crippen molar-refractivity contribution < 1.29 is 4.79 Å². The van der Waals surface area contributed by atoms with Crippen molar-refractivity contribution in [1.82, 2.24) is 4.90 Å². The quantitative estimate of drug-likeness (QED) is 0.606. The molecule has 0 saturated heterocycles. The van der Waals surface area contributed by atoms with Crippen molar-refractivity contribution in [3.8, 4) is 0 Å². The lowest BCUT2D eigenvalue weighted by Gasteiger charge is -2.20. The highest BCUT2D eigenvalue weighted by molar-refractivity contribution is 8.23. The molecular formula is C11H15NOS3. The Hall–Kier alpha value is -0.390. The molecule has 0 radical (unpaired) electrons. The summed E-state index contributed by atoms with van der Waals surface area (Å²) in [5.41, 5.74) is 0. The fourth-order valence-corrected chi connectivity index (χ4v) is 3.25. The molecule has 0 bridgehead atoms. The maximum atomic E-state index is 11.7. The van der Waals surface area contributed by atoms with Gasteiger partial charge in [-0.15, -0.1) is 11.3 Å². The van der Waals surface area contributed by atoms with Gasteiger partial charge in [-0.05, 0) is 25.3 Å². The van der Waals surface area contributed by atoms with Crippen LogP contribution in [0.15, 0.2) is 17.5 Å². The maximum absolute atomic E-state index is 11.7. The number of carbonyl (C=O) groups is 1. The van der Waals surface area contributed by atoms with E-state index in [2.05, 4.69) is 18.7 Å². The Labute approximate surface area is 110 Å². The van der Waals surface area contributed by atoms with Crippen molar-refractivity contribution >= 4 is 45.4 Å². The van der Waals surface area contributed by atoms with E-state index in [1.54, 1.807) is 0 Å². The first-order valence-corrected chi connectivity index (χ1v) is 7.44. The highest BCUT2D eigenvalue weighted by Gasteiger charge is 2.11. The fourth-order valence-electron chi connectivity index (χ4n) is 1.21. The lowest BCUT2D eigenvalue weighted by molar-refractivity contribution is 0.102. The van der Waals surface area contributed by atoms with E-state index in [4.69, 9.17) is 12.2 Å². The number of rotatable bonds is 5. The molecule has 1 aromatic rings. The fraction of sp³-hybridized carbons (Fsp3) is 0.455. The van der Waals surface area contributed by atoms with Gasteiger partial charge in [0, 0.05) is 13.1 Å². The molecule has 1 aromatic heterocycles. The van der Waals surface area contributed by atoms with E-state index in [0.717, 1.165) is 22.3 Å². The second-order valence-electron chi connectivity index (χ2n) is 3.13. The summed E-state index contributed by atoms with van der Waals surface area (Å²) in [5.74, 6) is 0.602. The van der Waals surface area contributed by atoms with Crippen LogP contribution in [0.2, 0.25) is 0 Å². The van der Waals surface area contributed by atoms with E-state index in [9.17, 15) is 4.79 Å². The van der Waals surface area contributed by atoms with Crippen LogP contribution in [0.4, 0.5) is 0 Å². The van der Waals surface area contributed by atoms with Crippen molar-refractivity contribution in [2.75, 3.05) is 18.8 Å². The van der Waals surface area contributed by atoms with Gasteiger partial charge in [-0.25, -0.2) is 0 Å². The molecule has 1 rings (SSSR count). The Bertz CT molecular complexity index is 344. The number of carbonyl (C=O) groups excluding carboxylic acids is 1. The van der Waals surface area contributed by atoms with Gasteiger partial charge < -0.3 is 4.90 Å². The zero-order valence-corrected chi connectivity index (χ0v) is 11.9. The average Bonchev–Trinajstić information content (AvgIpc) is 2.81. The molecule has 5 heteroatoms. The summed E-state index contributed by atoms with van der Waals surface area (Å²) < 4.78 is 0.815. The van der Waals surface area contributed by atoms with Crippen molar-refractivity contribution in [2.24, 2.45) is 0 Å². The first-order valence-electron chi connectivity index (χ1n) is 5.17. The molecule has 0 N–H and O–H groups in total. The van der Waals surface area contributed by atoms with Crippen molar-refractivity contribution in [3.63, 3.8) is 0 Å². The summed E-state index contributed by atoms with van der Waals surface area (Å²) >= 11 is 8.20. The third kappa shape index (κ3) is 3.88. The van der Waals surface area contributed by atoms with E-state index >= 15 is 0 Å². The van der Waals surface area contributed by atoms with E-state index in [-0.39, 0.29) is 5.78 Å². The number of ketones is 1. The van der Waals surface area contributed by atoms with Crippen LogP contribution in [0, 0.1) is 0 Å². The number of Topliss-reactive ketones (excluding diaryl/α,β-unsaturated/α-hetero) is 1. The normalized spacial score (nSPS) is 10.1. The van der Waals surface area contributed by atoms with Crippen LogP contribution in [-0.2, 0) is 0 Å². The second-order valence-corrected chi connectivity index (χ2v) is 5.68. The maximum Gasteiger partial charge on any atom is 0.183 e. The summed E-state index contributed by atoms with van der Waals surface area (Å²) in [4.78, 5) is 14.6. The van der Waals surface area contributed by atoms with E-state index in [1.807, 2.05) is 17.5 Å². The molecule has 0 fully saturated rings. The lowest BCUT2D eigenvalue weighted by Crippen LogP contribution is -2.27. The van der Waals surface area contributed by atoms with Crippen molar-refractivity contribution in [3.05, 3.63) is 22.4 Å². The van der Waals surface area contributed by atoms with Crippen LogP contribution in [0.1, 0.15) is 23.5 Å². The van der Waals surface area contributed by atoms with E-state index < -0.39 is 0 Å². The highest BCUT2D eigenvalue weighted by Crippen LogP contribution is 2.15. The first kappa shape index (κ1) is 13.7. The minimum absolute atomic E-state index is 0.162. The Kier molecular flexibility index (Phi) is 6.01. The topological polar surface area (TPSA) is 20.3 Å². The number of nitrogens with zero attached hydrogens (tertiary/aromatic N) is 1. The van der Waals surface area contributed by atoms with Gasteiger partial charge in [-0.1, -0.05) is 30.0 Å². The number of thiocarbonyl (C=S) groups is 1. The molecule has 0 saturated carbocycles. The average molecular weight is 273 g/mol. The molecule has 1 heterocycles. The third-order valence-corrected chi connectivity index (χ3v) is 4.58. The zero-order valence-electron chi connectivity index (χ0n) is 9.43.